The molecule has 1 aromatic heterocycles. The fourth-order valence-corrected chi connectivity index (χ4v) is 3.16. The van der Waals surface area contributed by atoms with Crippen LogP contribution in [0.1, 0.15) is 57.6 Å². The Morgan fingerprint density at radius 3 is 2.83 bits per heavy atom. The molecule has 0 saturated heterocycles. The summed E-state index contributed by atoms with van der Waals surface area (Å²) in [6.45, 7) is 9.79. The van der Waals surface area contributed by atoms with Crippen LogP contribution in [0.3, 0.4) is 0 Å². The van der Waals surface area contributed by atoms with Gasteiger partial charge in [-0.15, -0.1) is 0 Å². The summed E-state index contributed by atoms with van der Waals surface area (Å²) in [6.07, 6.45) is 11.7. The van der Waals surface area contributed by atoms with Gasteiger partial charge in [-0.2, -0.15) is 5.10 Å². The highest BCUT2D eigenvalue weighted by Crippen LogP contribution is 2.28. The Bertz CT molecular complexity index is 541. The van der Waals surface area contributed by atoms with Gasteiger partial charge in [-0.3, -0.25) is 5.10 Å². The number of unbranched alkanes of at least 4 members (excludes halogenated alkanes) is 1. The molecule has 1 aliphatic rings. The van der Waals surface area contributed by atoms with Crippen LogP contribution < -0.4 is 10.6 Å². The van der Waals surface area contributed by atoms with Crippen LogP contribution in [0, 0.1) is 5.92 Å². The number of hydrogen-bond acceptors (Lipinski definition) is 2. The number of amides is 2. The number of aromatic nitrogens is 2. The summed E-state index contributed by atoms with van der Waals surface area (Å²) in [5.41, 5.74) is 2.02. The lowest BCUT2D eigenvalue weighted by Gasteiger charge is -2.29. The number of nitrogens with one attached hydrogen (secondary N) is 3. The first-order valence-corrected chi connectivity index (χ1v) is 8.56. The van der Waals surface area contributed by atoms with Gasteiger partial charge >= 0.3 is 6.03 Å². The predicted octanol–water partition coefficient (Wildman–Crippen LogP) is 4.48. The monoisotopic (exact) mass is 316 g/mol. The number of allylic oxidation sites excluding steroid dienone is 2. The normalized spacial score (nSPS) is 20.7. The fourth-order valence-electron chi connectivity index (χ4n) is 3.16. The highest BCUT2D eigenvalue weighted by atomic mass is 16.2. The number of urea groups is 1. The van der Waals surface area contributed by atoms with Crippen molar-refractivity contribution in [2.24, 2.45) is 5.92 Å². The molecular formula is C18H28N4O. The third-order valence-corrected chi connectivity index (χ3v) is 4.60. The van der Waals surface area contributed by atoms with Crippen LogP contribution in [0.4, 0.5) is 10.5 Å². The van der Waals surface area contributed by atoms with Gasteiger partial charge in [-0.1, -0.05) is 45.4 Å². The van der Waals surface area contributed by atoms with Gasteiger partial charge in [-0.05, 0) is 37.2 Å². The number of nitrogens with zero attached hydrogens (tertiary/aromatic N) is 1. The van der Waals surface area contributed by atoms with Crippen molar-refractivity contribution >= 4 is 17.3 Å². The highest BCUT2D eigenvalue weighted by molar-refractivity contribution is 5.93. The van der Waals surface area contributed by atoms with E-state index in [9.17, 15) is 4.79 Å². The van der Waals surface area contributed by atoms with Crippen molar-refractivity contribution in [1.29, 1.82) is 0 Å². The van der Waals surface area contributed by atoms with E-state index in [4.69, 9.17) is 0 Å². The molecule has 2 amide bonds. The van der Waals surface area contributed by atoms with Crippen molar-refractivity contribution in [3.05, 3.63) is 31.1 Å². The van der Waals surface area contributed by atoms with Crippen molar-refractivity contribution in [2.75, 3.05) is 5.32 Å². The highest BCUT2D eigenvalue weighted by Gasteiger charge is 2.22. The molecule has 0 unspecified atom stereocenters. The van der Waals surface area contributed by atoms with Crippen LogP contribution in [0.25, 0.3) is 5.57 Å². The first-order valence-electron chi connectivity index (χ1n) is 8.56. The van der Waals surface area contributed by atoms with Crippen LogP contribution in [0.5, 0.6) is 0 Å². The maximum absolute atomic E-state index is 12.2. The molecule has 1 aliphatic carbocycles. The number of H-pyrrole nitrogens is 1. The van der Waals surface area contributed by atoms with Gasteiger partial charge in [0.15, 0.2) is 0 Å². The van der Waals surface area contributed by atoms with E-state index in [1.807, 2.05) is 0 Å². The lowest BCUT2D eigenvalue weighted by atomic mass is 9.83. The molecule has 0 spiro atoms. The van der Waals surface area contributed by atoms with E-state index in [1.165, 1.54) is 32.1 Å². The van der Waals surface area contributed by atoms with Crippen LogP contribution in [-0.2, 0) is 0 Å². The predicted molar refractivity (Wildman–Crippen MR) is 95.2 cm³/mol. The quantitative estimate of drug-likeness (QED) is 0.649. The summed E-state index contributed by atoms with van der Waals surface area (Å²) in [6, 6.07) is 0.0901. The zero-order chi connectivity index (χ0) is 16.7. The van der Waals surface area contributed by atoms with E-state index in [2.05, 4.69) is 40.9 Å². The molecule has 5 heteroatoms. The van der Waals surface area contributed by atoms with Crippen LogP contribution in [0.2, 0.25) is 0 Å². The molecule has 1 heterocycles. The van der Waals surface area contributed by atoms with Crippen LogP contribution >= 0.6 is 0 Å². The molecule has 126 valence electrons. The Labute approximate surface area is 138 Å². The van der Waals surface area contributed by atoms with Gasteiger partial charge in [0.1, 0.15) is 0 Å². The SMILES string of the molecule is C=CC(=C)c1[nH]ncc1NC(=O)NC1CCC(CCCC)CC1. The van der Waals surface area contributed by atoms with E-state index in [0.29, 0.717) is 17.0 Å². The third kappa shape index (κ3) is 4.98. The molecule has 2 rings (SSSR count). The average molecular weight is 316 g/mol. The van der Waals surface area contributed by atoms with Gasteiger partial charge in [0.05, 0.1) is 17.6 Å². The van der Waals surface area contributed by atoms with E-state index < -0.39 is 0 Å². The molecule has 0 aliphatic heterocycles. The summed E-state index contributed by atoms with van der Waals surface area (Å²) in [5, 5.41) is 12.7. The number of hydrogen-bond donors (Lipinski definition) is 3. The second kappa shape index (κ2) is 8.56. The summed E-state index contributed by atoms with van der Waals surface area (Å²) < 4.78 is 0. The molecular weight excluding hydrogens is 288 g/mol. The van der Waals surface area contributed by atoms with Crippen LogP contribution in [0.15, 0.2) is 25.4 Å². The van der Waals surface area contributed by atoms with Gasteiger partial charge in [0.25, 0.3) is 0 Å². The average Bonchev–Trinajstić information content (AvgIpc) is 3.01. The standard InChI is InChI=1S/C18H28N4O/c1-4-6-7-14-8-10-15(11-9-14)20-18(23)21-16-12-19-22-17(16)13(3)5-2/h5,12,14-15H,2-4,6-11H2,1H3,(H,19,22)(H2,20,21,23). The lowest BCUT2D eigenvalue weighted by molar-refractivity contribution is 0.235. The minimum atomic E-state index is -0.179. The van der Waals surface area contributed by atoms with E-state index in [0.717, 1.165) is 18.8 Å². The smallest absolute Gasteiger partial charge is 0.319 e. The van der Waals surface area contributed by atoms with Gasteiger partial charge < -0.3 is 10.6 Å². The second-order valence-electron chi connectivity index (χ2n) is 6.35. The topological polar surface area (TPSA) is 69.8 Å². The Morgan fingerprint density at radius 2 is 2.17 bits per heavy atom. The number of carbonyl (C=O) groups excluding carboxylic acids is 1. The van der Waals surface area contributed by atoms with Gasteiger partial charge in [0, 0.05) is 6.04 Å². The number of aromatic amines is 1. The molecule has 0 radical (unpaired) electrons. The van der Waals surface area contributed by atoms with Crippen molar-refractivity contribution in [2.45, 2.75) is 57.9 Å². The van der Waals surface area contributed by atoms with Gasteiger partial charge in [0.2, 0.25) is 0 Å². The first-order chi connectivity index (χ1) is 11.1. The number of rotatable bonds is 7. The Balaban J connectivity index is 1.79. The first kappa shape index (κ1) is 17.3. The molecule has 1 aromatic rings. The molecule has 1 fully saturated rings. The van der Waals surface area contributed by atoms with Crippen molar-refractivity contribution in [3.8, 4) is 0 Å². The van der Waals surface area contributed by atoms with E-state index in [-0.39, 0.29) is 12.1 Å². The molecule has 5 nitrogen and oxygen atoms in total. The number of carbonyl (C=O) groups is 1. The maximum Gasteiger partial charge on any atom is 0.319 e. The summed E-state index contributed by atoms with van der Waals surface area (Å²) >= 11 is 0. The molecule has 23 heavy (non-hydrogen) atoms. The Hall–Kier alpha value is -2.04. The lowest BCUT2D eigenvalue weighted by Crippen LogP contribution is -2.40. The Kier molecular flexibility index (Phi) is 6.44. The second-order valence-corrected chi connectivity index (χ2v) is 6.35. The zero-order valence-corrected chi connectivity index (χ0v) is 14.0. The van der Waals surface area contributed by atoms with Gasteiger partial charge in [-0.25, -0.2) is 4.79 Å². The summed E-state index contributed by atoms with van der Waals surface area (Å²) in [4.78, 5) is 12.2. The van der Waals surface area contributed by atoms with Crippen LogP contribution in [-0.4, -0.2) is 22.3 Å². The molecule has 0 atom stereocenters. The van der Waals surface area contributed by atoms with Crippen molar-refractivity contribution in [3.63, 3.8) is 0 Å². The van der Waals surface area contributed by atoms with E-state index in [1.54, 1.807) is 12.3 Å². The molecule has 1 saturated carbocycles. The number of anilines is 1. The zero-order valence-electron chi connectivity index (χ0n) is 14.0. The van der Waals surface area contributed by atoms with E-state index >= 15 is 0 Å². The maximum atomic E-state index is 12.2. The Morgan fingerprint density at radius 1 is 1.43 bits per heavy atom. The van der Waals surface area contributed by atoms with Crippen molar-refractivity contribution in [1.82, 2.24) is 15.5 Å². The minimum absolute atomic E-state index is 0.179. The summed E-state index contributed by atoms with van der Waals surface area (Å²) in [5.74, 6) is 0.840. The minimum Gasteiger partial charge on any atom is -0.335 e. The molecule has 0 bridgehead atoms. The molecule has 3 N–H and O–H groups in total. The summed E-state index contributed by atoms with van der Waals surface area (Å²) in [7, 11) is 0. The third-order valence-electron chi connectivity index (χ3n) is 4.60. The molecule has 0 aromatic carbocycles. The van der Waals surface area contributed by atoms with Crippen molar-refractivity contribution < 1.29 is 4.79 Å². The largest absolute Gasteiger partial charge is 0.335 e. The fraction of sp³-hybridized carbons (Fsp3) is 0.556.